The fraction of sp³-hybridized carbons (Fsp3) is 0.500. The van der Waals surface area contributed by atoms with Crippen molar-refractivity contribution < 1.29 is 4.74 Å². The van der Waals surface area contributed by atoms with E-state index in [2.05, 4.69) is 22.4 Å². The minimum absolute atomic E-state index is 0.180. The molecule has 2 atom stereocenters. The number of nitrogens with one attached hydrogen (secondary N) is 1. The molecule has 1 aliphatic heterocycles. The summed E-state index contributed by atoms with van der Waals surface area (Å²) < 4.78 is 7.38. The van der Waals surface area contributed by atoms with Crippen LogP contribution in [0.5, 0.6) is 0 Å². The highest BCUT2D eigenvalue weighted by Crippen LogP contribution is 2.14. The van der Waals surface area contributed by atoms with Crippen LogP contribution in [0.15, 0.2) is 24.4 Å². The van der Waals surface area contributed by atoms with Gasteiger partial charge in [-0.15, -0.1) is 10.2 Å². The predicted molar refractivity (Wildman–Crippen MR) is 63.8 cm³/mol. The van der Waals surface area contributed by atoms with E-state index in [0.717, 1.165) is 31.1 Å². The first-order chi connectivity index (χ1) is 8.34. The Balaban J connectivity index is 1.82. The lowest BCUT2D eigenvalue weighted by Crippen LogP contribution is -2.32. The first-order valence-corrected chi connectivity index (χ1v) is 5.98. The smallest absolute Gasteiger partial charge is 0.160 e. The van der Waals surface area contributed by atoms with Gasteiger partial charge in [-0.05, 0) is 25.5 Å². The lowest BCUT2D eigenvalue weighted by Gasteiger charge is -2.16. The molecule has 1 saturated heterocycles. The maximum Gasteiger partial charge on any atom is 0.160 e. The number of fused-ring (bicyclic) bond motifs is 1. The third-order valence-electron chi connectivity index (χ3n) is 3.14. The maximum atomic E-state index is 5.36. The van der Waals surface area contributed by atoms with Gasteiger partial charge in [-0.2, -0.15) is 0 Å². The van der Waals surface area contributed by atoms with E-state index in [1.165, 1.54) is 0 Å². The monoisotopic (exact) mass is 232 g/mol. The van der Waals surface area contributed by atoms with E-state index in [9.17, 15) is 0 Å². The van der Waals surface area contributed by atoms with Gasteiger partial charge in [0, 0.05) is 18.8 Å². The van der Waals surface area contributed by atoms with Gasteiger partial charge in [0.15, 0.2) is 11.5 Å². The number of nitrogens with zero attached hydrogens (tertiary/aromatic N) is 3. The zero-order chi connectivity index (χ0) is 11.7. The second kappa shape index (κ2) is 4.43. The summed E-state index contributed by atoms with van der Waals surface area (Å²) in [7, 11) is 0. The van der Waals surface area contributed by atoms with Crippen molar-refractivity contribution in [3.8, 4) is 0 Å². The zero-order valence-electron chi connectivity index (χ0n) is 9.84. The molecule has 0 spiro atoms. The predicted octanol–water partition coefficient (Wildman–Crippen LogP) is 1.17. The van der Waals surface area contributed by atoms with Crippen molar-refractivity contribution in [2.75, 3.05) is 13.2 Å². The van der Waals surface area contributed by atoms with Gasteiger partial charge >= 0.3 is 0 Å². The Morgan fingerprint density at radius 1 is 1.47 bits per heavy atom. The maximum absolute atomic E-state index is 5.36. The van der Waals surface area contributed by atoms with Gasteiger partial charge in [0.2, 0.25) is 0 Å². The van der Waals surface area contributed by atoms with Crippen LogP contribution < -0.4 is 5.32 Å². The van der Waals surface area contributed by atoms with E-state index < -0.39 is 0 Å². The molecular formula is C12H16N4O. The third kappa shape index (κ3) is 2.03. The number of aromatic nitrogens is 3. The quantitative estimate of drug-likeness (QED) is 0.863. The standard InChI is InChI=1S/C12H16N4O/c1-9(13-10-5-7-17-8-10)12-15-14-11-4-2-3-6-16(11)12/h2-4,6,9-10,13H,5,7-8H2,1H3. The Hall–Kier alpha value is -1.46. The lowest BCUT2D eigenvalue weighted by atomic mass is 10.2. The summed E-state index contributed by atoms with van der Waals surface area (Å²) in [5.41, 5.74) is 0.888. The Kier molecular flexibility index (Phi) is 2.78. The highest BCUT2D eigenvalue weighted by molar-refractivity contribution is 5.37. The number of pyridine rings is 1. The third-order valence-corrected chi connectivity index (χ3v) is 3.14. The zero-order valence-corrected chi connectivity index (χ0v) is 9.84. The SMILES string of the molecule is CC(NC1CCOC1)c1nnc2ccccn12. The average molecular weight is 232 g/mol. The van der Waals surface area contributed by atoms with E-state index in [0.29, 0.717) is 6.04 Å². The Morgan fingerprint density at radius 2 is 2.41 bits per heavy atom. The van der Waals surface area contributed by atoms with Crippen molar-refractivity contribution in [3.05, 3.63) is 30.2 Å². The van der Waals surface area contributed by atoms with Gasteiger partial charge in [-0.25, -0.2) is 0 Å². The van der Waals surface area contributed by atoms with Gasteiger partial charge in [0.05, 0.1) is 12.6 Å². The largest absolute Gasteiger partial charge is 0.380 e. The van der Waals surface area contributed by atoms with E-state index in [1.54, 1.807) is 0 Å². The molecule has 2 aromatic heterocycles. The molecule has 90 valence electrons. The number of ether oxygens (including phenoxy) is 1. The van der Waals surface area contributed by atoms with Crippen LogP contribution in [0.1, 0.15) is 25.2 Å². The Labute approximate surface area is 99.8 Å². The fourth-order valence-corrected chi connectivity index (χ4v) is 2.25. The minimum Gasteiger partial charge on any atom is -0.380 e. The van der Waals surface area contributed by atoms with Crippen LogP contribution in [0, 0.1) is 0 Å². The molecular weight excluding hydrogens is 216 g/mol. The molecule has 0 bridgehead atoms. The molecule has 0 aromatic carbocycles. The van der Waals surface area contributed by atoms with E-state index in [1.807, 2.05) is 28.8 Å². The van der Waals surface area contributed by atoms with Crippen LogP contribution >= 0.6 is 0 Å². The van der Waals surface area contributed by atoms with E-state index in [4.69, 9.17) is 4.74 Å². The normalized spacial score (nSPS) is 22.1. The van der Waals surface area contributed by atoms with Gasteiger partial charge in [-0.1, -0.05) is 6.07 Å². The summed E-state index contributed by atoms with van der Waals surface area (Å²) >= 11 is 0. The number of hydrogen-bond donors (Lipinski definition) is 1. The van der Waals surface area contributed by atoms with Crippen molar-refractivity contribution >= 4 is 5.65 Å². The van der Waals surface area contributed by atoms with E-state index >= 15 is 0 Å². The highest BCUT2D eigenvalue weighted by atomic mass is 16.5. The molecule has 0 saturated carbocycles. The van der Waals surface area contributed by atoms with Gasteiger partial charge in [0.1, 0.15) is 0 Å². The van der Waals surface area contributed by atoms with Crippen molar-refractivity contribution in [2.24, 2.45) is 0 Å². The van der Waals surface area contributed by atoms with E-state index in [-0.39, 0.29) is 6.04 Å². The Bertz CT molecular complexity index is 504. The molecule has 3 rings (SSSR count). The lowest BCUT2D eigenvalue weighted by molar-refractivity contribution is 0.188. The molecule has 0 amide bonds. The minimum atomic E-state index is 0.180. The molecule has 5 nitrogen and oxygen atoms in total. The van der Waals surface area contributed by atoms with Gasteiger partial charge in [0.25, 0.3) is 0 Å². The first kappa shape index (κ1) is 10.7. The van der Waals surface area contributed by atoms with Crippen molar-refractivity contribution in [2.45, 2.75) is 25.4 Å². The summed E-state index contributed by atoms with van der Waals surface area (Å²) in [5, 5.41) is 11.9. The van der Waals surface area contributed by atoms with Crippen LogP contribution in [0.25, 0.3) is 5.65 Å². The number of rotatable bonds is 3. The summed E-state index contributed by atoms with van der Waals surface area (Å²) in [5.74, 6) is 0.951. The van der Waals surface area contributed by atoms with Crippen LogP contribution in [0.3, 0.4) is 0 Å². The summed E-state index contributed by atoms with van der Waals surface area (Å²) in [4.78, 5) is 0. The molecule has 5 heteroatoms. The molecule has 1 aliphatic rings. The van der Waals surface area contributed by atoms with Gasteiger partial charge in [-0.3, -0.25) is 4.40 Å². The Morgan fingerprint density at radius 3 is 3.24 bits per heavy atom. The first-order valence-electron chi connectivity index (χ1n) is 5.98. The van der Waals surface area contributed by atoms with Crippen LogP contribution in [0.4, 0.5) is 0 Å². The molecule has 1 N–H and O–H groups in total. The molecule has 3 heterocycles. The molecule has 0 radical (unpaired) electrons. The van der Waals surface area contributed by atoms with Gasteiger partial charge < -0.3 is 10.1 Å². The molecule has 2 aromatic rings. The molecule has 17 heavy (non-hydrogen) atoms. The van der Waals surface area contributed by atoms with Crippen LogP contribution in [-0.4, -0.2) is 33.9 Å². The summed E-state index contributed by atoms with van der Waals surface area (Å²) in [6, 6.07) is 6.53. The van der Waals surface area contributed by atoms with Crippen molar-refractivity contribution in [1.29, 1.82) is 0 Å². The van der Waals surface area contributed by atoms with Crippen molar-refractivity contribution in [1.82, 2.24) is 19.9 Å². The molecule has 1 fully saturated rings. The van der Waals surface area contributed by atoms with Crippen molar-refractivity contribution in [3.63, 3.8) is 0 Å². The highest BCUT2D eigenvalue weighted by Gasteiger charge is 2.20. The van der Waals surface area contributed by atoms with Crippen LogP contribution in [0.2, 0.25) is 0 Å². The average Bonchev–Trinajstić information content (AvgIpc) is 2.96. The molecule has 2 unspecified atom stereocenters. The second-order valence-electron chi connectivity index (χ2n) is 4.44. The molecule has 0 aliphatic carbocycles. The van der Waals surface area contributed by atoms with Crippen LogP contribution in [-0.2, 0) is 4.74 Å². The topological polar surface area (TPSA) is 51.5 Å². The fourth-order valence-electron chi connectivity index (χ4n) is 2.25. The number of hydrogen-bond acceptors (Lipinski definition) is 4. The summed E-state index contributed by atoms with van der Waals surface area (Å²) in [6.07, 6.45) is 3.06. The second-order valence-corrected chi connectivity index (χ2v) is 4.44. The summed E-state index contributed by atoms with van der Waals surface area (Å²) in [6.45, 7) is 3.76.